The molecule has 1 unspecified atom stereocenters. The Morgan fingerprint density at radius 1 is 1.44 bits per heavy atom. The van der Waals surface area contributed by atoms with Gasteiger partial charge in [0.25, 0.3) is 0 Å². The Labute approximate surface area is 107 Å². The number of nitrogens with zero attached hydrogens (tertiary/aromatic N) is 1. The SMILES string of the molecule is CC1(O)CCCN(C(=O)OCc2ccccc2)C1. The molecule has 1 aliphatic heterocycles. The van der Waals surface area contributed by atoms with Gasteiger partial charge in [-0.3, -0.25) is 0 Å². The lowest BCUT2D eigenvalue weighted by Crippen LogP contribution is -2.48. The van der Waals surface area contributed by atoms with Crippen LogP contribution in [0.25, 0.3) is 0 Å². The number of piperidine rings is 1. The number of aliphatic hydroxyl groups is 1. The average molecular weight is 249 g/mol. The number of amides is 1. The maximum absolute atomic E-state index is 11.9. The van der Waals surface area contributed by atoms with Gasteiger partial charge in [0.15, 0.2) is 0 Å². The number of β-amino-alcohol motifs (C(OH)–C–C–N with tert-alkyl or cyclic N) is 1. The molecule has 1 N–H and O–H groups in total. The van der Waals surface area contributed by atoms with Crippen LogP contribution in [0.3, 0.4) is 0 Å². The third-order valence-electron chi connectivity index (χ3n) is 3.14. The molecule has 18 heavy (non-hydrogen) atoms. The molecule has 0 aromatic heterocycles. The van der Waals surface area contributed by atoms with Gasteiger partial charge in [-0.05, 0) is 25.3 Å². The summed E-state index contributed by atoms with van der Waals surface area (Å²) >= 11 is 0. The van der Waals surface area contributed by atoms with Gasteiger partial charge < -0.3 is 14.7 Å². The normalized spacial score (nSPS) is 23.8. The summed E-state index contributed by atoms with van der Waals surface area (Å²) in [6.07, 6.45) is 1.20. The Morgan fingerprint density at radius 3 is 2.83 bits per heavy atom. The fourth-order valence-corrected chi connectivity index (χ4v) is 2.19. The number of likely N-dealkylation sites (tertiary alicyclic amines) is 1. The highest BCUT2D eigenvalue weighted by Gasteiger charge is 2.31. The highest BCUT2D eigenvalue weighted by atomic mass is 16.6. The maximum atomic E-state index is 11.9. The van der Waals surface area contributed by atoms with Crippen LogP contribution in [-0.4, -0.2) is 34.8 Å². The molecular formula is C14H19NO3. The first-order valence-electron chi connectivity index (χ1n) is 6.25. The Hall–Kier alpha value is -1.55. The Kier molecular flexibility index (Phi) is 3.87. The molecule has 4 heteroatoms. The van der Waals surface area contributed by atoms with Crippen molar-refractivity contribution in [1.29, 1.82) is 0 Å². The zero-order valence-electron chi connectivity index (χ0n) is 10.6. The average Bonchev–Trinajstić information content (AvgIpc) is 2.36. The summed E-state index contributed by atoms with van der Waals surface area (Å²) in [5, 5.41) is 9.93. The third-order valence-corrected chi connectivity index (χ3v) is 3.14. The molecular weight excluding hydrogens is 230 g/mol. The summed E-state index contributed by atoms with van der Waals surface area (Å²) in [5.74, 6) is 0. The van der Waals surface area contributed by atoms with E-state index in [9.17, 15) is 9.90 Å². The van der Waals surface area contributed by atoms with Crippen molar-refractivity contribution in [3.63, 3.8) is 0 Å². The molecule has 1 saturated heterocycles. The van der Waals surface area contributed by atoms with E-state index < -0.39 is 5.60 Å². The van der Waals surface area contributed by atoms with E-state index in [4.69, 9.17) is 4.74 Å². The first-order chi connectivity index (χ1) is 8.57. The summed E-state index contributed by atoms with van der Waals surface area (Å²) in [4.78, 5) is 13.4. The van der Waals surface area contributed by atoms with Crippen LogP contribution in [0, 0.1) is 0 Å². The summed E-state index contributed by atoms with van der Waals surface area (Å²) in [6.45, 7) is 3.03. The molecule has 1 atom stereocenters. The zero-order chi connectivity index (χ0) is 13.0. The van der Waals surface area contributed by atoms with Crippen molar-refractivity contribution in [2.45, 2.75) is 32.0 Å². The van der Waals surface area contributed by atoms with Crippen LogP contribution >= 0.6 is 0 Å². The smallest absolute Gasteiger partial charge is 0.410 e. The minimum Gasteiger partial charge on any atom is -0.445 e. The molecule has 0 radical (unpaired) electrons. The molecule has 2 rings (SSSR count). The van der Waals surface area contributed by atoms with Crippen LogP contribution in [0.15, 0.2) is 30.3 Å². The van der Waals surface area contributed by atoms with Gasteiger partial charge in [0, 0.05) is 6.54 Å². The zero-order valence-corrected chi connectivity index (χ0v) is 10.6. The van der Waals surface area contributed by atoms with Crippen molar-refractivity contribution in [3.8, 4) is 0 Å². The van der Waals surface area contributed by atoms with Gasteiger partial charge in [-0.15, -0.1) is 0 Å². The van der Waals surface area contributed by atoms with Gasteiger partial charge >= 0.3 is 6.09 Å². The van der Waals surface area contributed by atoms with Gasteiger partial charge in [0.2, 0.25) is 0 Å². The lowest BCUT2D eigenvalue weighted by atomic mass is 9.96. The highest BCUT2D eigenvalue weighted by molar-refractivity contribution is 5.67. The number of rotatable bonds is 2. The number of hydrogen-bond donors (Lipinski definition) is 1. The predicted molar refractivity (Wildman–Crippen MR) is 68.1 cm³/mol. The van der Waals surface area contributed by atoms with Crippen LogP contribution in [-0.2, 0) is 11.3 Å². The fraction of sp³-hybridized carbons (Fsp3) is 0.500. The summed E-state index contributed by atoms with van der Waals surface area (Å²) < 4.78 is 5.24. The second kappa shape index (κ2) is 5.40. The molecule has 1 fully saturated rings. The largest absolute Gasteiger partial charge is 0.445 e. The lowest BCUT2D eigenvalue weighted by Gasteiger charge is -2.36. The third kappa shape index (κ3) is 3.47. The second-order valence-corrected chi connectivity index (χ2v) is 5.06. The van der Waals surface area contributed by atoms with E-state index in [-0.39, 0.29) is 12.7 Å². The van der Waals surface area contributed by atoms with E-state index in [2.05, 4.69) is 0 Å². The first kappa shape index (κ1) is 12.9. The number of ether oxygens (including phenoxy) is 1. The minimum atomic E-state index is -0.788. The van der Waals surface area contributed by atoms with Crippen molar-refractivity contribution in [3.05, 3.63) is 35.9 Å². The molecule has 1 aromatic rings. The van der Waals surface area contributed by atoms with Crippen molar-refractivity contribution in [2.75, 3.05) is 13.1 Å². The van der Waals surface area contributed by atoms with Crippen LogP contribution < -0.4 is 0 Å². The van der Waals surface area contributed by atoms with Gasteiger partial charge in [-0.1, -0.05) is 30.3 Å². The van der Waals surface area contributed by atoms with Crippen molar-refractivity contribution in [2.24, 2.45) is 0 Å². The Bertz CT molecular complexity index is 403. The van der Waals surface area contributed by atoms with Crippen LogP contribution in [0.4, 0.5) is 4.79 Å². The number of benzene rings is 1. The maximum Gasteiger partial charge on any atom is 0.410 e. The molecule has 0 aliphatic carbocycles. The van der Waals surface area contributed by atoms with E-state index in [0.717, 1.165) is 18.4 Å². The fourth-order valence-electron chi connectivity index (χ4n) is 2.19. The number of carbonyl (C=O) groups excluding carboxylic acids is 1. The second-order valence-electron chi connectivity index (χ2n) is 5.06. The Balaban J connectivity index is 1.85. The molecule has 98 valence electrons. The number of hydrogen-bond acceptors (Lipinski definition) is 3. The quantitative estimate of drug-likeness (QED) is 0.874. The Morgan fingerprint density at radius 2 is 2.17 bits per heavy atom. The molecule has 1 aliphatic rings. The van der Waals surface area contributed by atoms with Crippen LogP contribution in [0.2, 0.25) is 0 Å². The van der Waals surface area contributed by atoms with E-state index in [1.54, 1.807) is 11.8 Å². The van der Waals surface area contributed by atoms with Crippen molar-refractivity contribution in [1.82, 2.24) is 4.90 Å². The summed E-state index contributed by atoms with van der Waals surface area (Å²) in [6, 6.07) is 9.58. The number of carbonyl (C=O) groups is 1. The van der Waals surface area contributed by atoms with Crippen LogP contribution in [0.1, 0.15) is 25.3 Å². The highest BCUT2D eigenvalue weighted by Crippen LogP contribution is 2.20. The standard InChI is InChI=1S/C14H19NO3/c1-14(17)8-5-9-15(11-14)13(16)18-10-12-6-3-2-4-7-12/h2-4,6-7,17H,5,8-11H2,1H3. The van der Waals surface area contributed by atoms with Crippen molar-refractivity contribution < 1.29 is 14.6 Å². The van der Waals surface area contributed by atoms with E-state index in [0.29, 0.717) is 13.1 Å². The molecule has 0 saturated carbocycles. The molecule has 1 aromatic carbocycles. The molecule has 1 heterocycles. The van der Waals surface area contributed by atoms with E-state index >= 15 is 0 Å². The van der Waals surface area contributed by atoms with Gasteiger partial charge in [-0.2, -0.15) is 0 Å². The first-order valence-corrected chi connectivity index (χ1v) is 6.25. The summed E-state index contributed by atoms with van der Waals surface area (Å²) in [5.41, 5.74) is 0.180. The predicted octanol–water partition coefficient (Wildman–Crippen LogP) is 2.17. The van der Waals surface area contributed by atoms with E-state index in [1.165, 1.54) is 0 Å². The van der Waals surface area contributed by atoms with E-state index in [1.807, 2.05) is 30.3 Å². The minimum absolute atomic E-state index is 0.276. The lowest BCUT2D eigenvalue weighted by molar-refractivity contribution is -0.0169. The topological polar surface area (TPSA) is 49.8 Å². The van der Waals surface area contributed by atoms with Crippen molar-refractivity contribution >= 4 is 6.09 Å². The molecule has 1 amide bonds. The van der Waals surface area contributed by atoms with Gasteiger partial charge in [-0.25, -0.2) is 4.79 Å². The summed E-state index contributed by atoms with van der Waals surface area (Å²) in [7, 11) is 0. The molecule has 0 bridgehead atoms. The monoisotopic (exact) mass is 249 g/mol. The van der Waals surface area contributed by atoms with Gasteiger partial charge in [0.05, 0.1) is 12.1 Å². The molecule has 4 nitrogen and oxygen atoms in total. The van der Waals surface area contributed by atoms with Crippen LogP contribution in [0.5, 0.6) is 0 Å². The van der Waals surface area contributed by atoms with Gasteiger partial charge in [0.1, 0.15) is 6.61 Å². The molecule has 0 spiro atoms.